The molecule has 0 aromatic heterocycles. The molecule has 2 atom stereocenters. The lowest BCUT2D eigenvalue weighted by atomic mass is 10.1. The lowest BCUT2D eigenvalue weighted by molar-refractivity contribution is -0.141. The number of hydrogen-bond acceptors (Lipinski definition) is 2. The molecule has 0 radical (unpaired) electrons. The van der Waals surface area contributed by atoms with Gasteiger partial charge in [0, 0.05) is 5.33 Å². The van der Waals surface area contributed by atoms with Crippen molar-refractivity contribution in [2.75, 3.05) is 5.33 Å². The summed E-state index contributed by atoms with van der Waals surface area (Å²) in [7, 11) is 0. The molecule has 0 aliphatic rings. The normalized spacial score (nSPS) is 19.6. The lowest BCUT2D eigenvalue weighted by Gasteiger charge is -2.22. The second kappa shape index (κ2) is 3.69. The van der Waals surface area contributed by atoms with Crippen molar-refractivity contribution >= 4 is 37.8 Å². The minimum atomic E-state index is -1.26. The molecule has 3 nitrogen and oxygen atoms in total. The van der Waals surface area contributed by atoms with Crippen LogP contribution in [0, 0.1) is 0 Å². The third-order valence-corrected chi connectivity index (χ3v) is 4.13. The summed E-state index contributed by atoms with van der Waals surface area (Å²) in [4.78, 5) is 10.5. The fourth-order valence-corrected chi connectivity index (χ4v) is 1.06. The van der Waals surface area contributed by atoms with Crippen LogP contribution in [0.3, 0.4) is 0 Å². The highest BCUT2D eigenvalue weighted by molar-refractivity contribution is 9.12. The molecule has 10 heavy (non-hydrogen) atoms. The average Bonchev–Trinajstić information content (AvgIpc) is 1.85. The van der Waals surface area contributed by atoms with Crippen LogP contribution in [0.1, 0.15) is 6.92 Å². The van der Waals surface area contributed by atoms with Gasteiger partial charge in [-0.05, 0) is 6.92 Å². The SMILES string of the molecule is CC(O)C(Br)(CBr)C(=O)O. The second-order valence-electron chi connectivity index (χ2n) is 1.98. The van der Waals surface area contributed by atoms with Gasteiger partial charge in [0.15, 0.2) is 4.32 Å². The van der Waals surface area contributed by atoms with Gasteiger partial charge in [-0.3, -0.25) is 4.79 Å². The molecule has 0 saturated heterocycles. The van der Waals surface area contributed by atoms with Crippen molar-refractivity contribution in [2.24, 2.45) is 0 Å². The number of rotatable bonds is 3. The smallest absolute Gasteiger partial charge is 0.323 e. The fraction of sp³-hybridized carbons (Fsp3) is 0.800. The fourth-order valence-electron chi connectivity index (χ4n) is 0.348. The van der Waals surface area contributed by atoms with Crippen molar-refractivity contribution in [2.45, 2.75) is 17.4 Å². The van der Waals surface area contributed by atoms with Crippen LogP contribution >= 0.6 is 31.9 Å². The van der Waals surface area contributed by atoms with E-state index in [0.29, 0.717) is 0 Å². The van der Waals surface area contributed by atoms with Crippen LogP contribution in [0.4, 0.5) is 0 Å². The molecule has 0 heterocycles. The number of alkyl halides is 2. The third kappa shape index (κ3) is 1.93. The topological polar surface area (TPSA) is 57.5 Å². The Hall–Kier alpha value is 0.390. The number of carboxylic acids is 1. The third-order valence-electron chi connectivity index (χ3n) is 1.21. The Morgan fingerprint density at radius 2 is 2.20 bits per heavy atom. The number of aliphatic hydroxyl groups excluding tert-OH is 1. The van der Waals surface area contributed by atoms with Gasteiger partial charge in [-0.25, -0.2) is 0 Å². The molecular weight excluding hydrogens is 268 g/mol. The number of carbonyl (C=O) groups is 1. The molecule has 0 saturated carbocycles. The van der Waals surface area contributed by atoms with Crippen LogP contribution in [-0.2, 0) is 4.79 Å². The van der Waals surface area contributed by atoms with Crippen molar-refractivity contribution in [3.05, 3.63) is 0 Å². The van der Waals surface area contributed by atoms with Gasteiger partial charge in [0.25, 0.3) is 0 Å². The van der Waals surface area contributed by atoms with Gasteiger partial charge in [0.2, 0.25) is 0 Å². The molecule has 0 spiro atoms. The van der Waals surface area contributed by atoms with Crippen LogP contribution < -0.4 is 0 Å². The van der Waals surface area contributed by atoms with Gasteiger partial charge in [-0.2, -0.15) is 0 Å². The Balaban J connectivity index is 4.38. The predicted octanol–water partition coefficient (Wildman–Crippen LogP) is 0.980. The summed E-state index contributed by atoms with van der Waals surface area (Å²) in [6.45, 7) is 1.42. The Bertz CT molecular complexity index is 137. The molecule has 0 aromatic rings. The van der Waals surface area contributed by atoms with Crippen molar-refractivity contribution in [1.29, 1.82) is 0 Å². The zero-order valence-corrected chi connectivity index (χ0v) is 8.52. The summed E-state index contributed by atoms with van der Waals surface area (Å²) >= 11 is 5.90. The maximum atomic E-state index is 10.5. The standard InChI is InChI=1S/C5H8Br2O3/c1-3(8)5(7,2-6)4(9)10/h3,8H,2H2,1H3,(H,9,10). The quantitative estimate of drug-likeness (QED) is 0.755. The summed E-state index contributed by atoms with van der Waals surface area (Å²) < 4.78 is -1.26. The van der Waals surface area contributed by atoms with Crippen molar-refractivity contribution in [3.63, 3.8) is 0 Å². The highest BCUT2D eigenvalue weighted by Crippen LogP contribution is 2.25. The average molecular weight is 276 g/mol. The molecular formula is C5H8Br2O3. The van der Waals surface area contributed by atoms with E-state index < -0.39 is 16.4 Å². The summed E-state index contributed by atoms with van der Waals surface area (Å²) in [6, 6.07) is 0. The minimum Gasteiger partial charge on any atom is -0.480 e. The van der Waals surface area contributed by atoms with Crippen molar-refractivity contribution < 1.29 is 15.0 Å². The first-order valence-electron chi connectivity index (χ1n) is 2.61. The zero-order chi connectivity index (χ0) is 8.36. The Kier molecular flexibility index (Phi) is 3.83. The van der Waals surface area contributed by atoms with Gasteiger partial charge in [-0.1, -0.05) is 31.9 Å². The van der Waals surface area contributed by atoms with E-state index in [1.807, 2.05) is 0 Å². The van der Waals surface area contributed by atoms with E-state index >= 15 is 0 Å². The molecule has 0 aliphatic heterocycles. The largest absolute Gasteiger partial charge is 0.480 e. The number of aliphatic hydroxyl groups is 1. The Morgan fingerprint density at radius 3 is 2.20 bits per heavy atom. The van der Waals surface area contributed by atoms with E-state index in [-0.39, 0.29) is 5.33 Å². The van der Waals surface area contributed by atoms with Crippen molar-refractivity contribution in [1.82, 2.24) is 0 Å². The van der Waals surface area contributed by atoms with Gasteiger partial charge < -0.3 is 10.2 Å². The predicted molar refractivity (Wildman–Crippen MR) is 44.8 cm³/mol. The van der Waals surface area contributed by atoms with Gasteiger partial charge in [0.05, 0.1) is 6.10 Å². The maximum absolute atomic E-state index is 10.5. The maximum Gasteiger partial charge on any atom is 0.323 e. The van der Waals surface area contributed by atoms with E-state index in [0.717, 1.165) is 0 Å². The van der Waals surface area contributed by atoms with E-state index in [4.69, 9.17) is 10.2 Å². The molecule has 0 aromatic carbocycles. The summed E-state index contributed by atoms with van der Waals surface area (Å²) in [5.74, 6) is -1.07. The number of carboxylic acid groups (broad SMARTS) is 1. The molecule has 5 heteroatoms. The summed E-state index contributed by atoms with van der Waals surface area (Å²) in [6.07, 6.45) is -0.927. The Labute approximate surface area is 75.7 Å². The molecule has 0 amide bonds. The molecule has 0 rings (SSSR count). The number of hydrogen-bond donors (Lipinski definition) is 2. The van der Waals surface area contributed by atoms with Crippen LogP contribution in [0.5, 0.6) is 0 Å². The molecule has 2 unspecified atom stereocenters. The summed E-state index contributed by atoms with van der Waals surface area (Å²) in [5, 5.41) is 17.7. The van der Waals surface area contributed by atoms with Crippen LogP contribution in [0.25, 0.3) is 0 Å². The number of halogens is 2. The van der Waals surface area contributed by atoms with Gasteiger partial charge in [-0.15, -0.1) is 0 Å². The lowest BCUT2D eigenvalue weighted by Crippen LogP contribution is -2.43. The molecule has 2 N–H and O–H groups in total. The van der Waals surface area contributed by atoms with Gasteiger partial charge in [0.1, 0.15) is 0 Å². The highest BCUT2D eigenvalue weighted by Gasteiger charge is 2.39. The first-order chi connectivity index (χ1) is 4.45. The zero-order valence-electron chi connectivity index (χ0n) is 5.34. The molecule has 0 fully saturated rings. The van der Waals surface area contributed by atoms with E-state index in [1.54, 1.807) is 0 Å². The van der Waals surface area contributed by atoms with E-state index in [1.165, 1.54) is 6.92 Å². The molecule has 0 aliphatic carbocycles. The first-order valence-corrected chi connectivity index (χ1v) is 4.53. The molecule has 0 bridgehead atoms. The van der Waals surface area contributed by atoms with Gasteiger partial charge >= 0.3 is 5.97 Å². The van der Waals surface area contributed by atoms with E-state index in [2.05, 4.69) is 31.9 Å². The van der Waals surface area contributed by atoms with E-state index in [9.17, 15) is 4.79 Å². The van der Waals surface area contributed by atoms with Crippen molar-refractivity contribution in [3.8, 4) is 0 Å². The minimum absolute atomic E-state index is 0.174. The summed E-state index contributed by atoms with van der Waals surface area (Å²) in [5.41, 5.74) is 0. The number of aliphatic carboxylic acids is 1. The van der Waals surface area contributed by atoms with Crippen LogP contribution in [0.15, 0.2) is 0 Å². The second-order valence-corrected chi connectivity index (χ2v) is 3.95. The first kappa shape index (κ1) is 10.4. The molecule has 60 valence electrons. The van der Waals surface area contributed by atoms with Crippen LogP contribution in [-0.4, -0.2) is 31.9 Å². The highest BCUT2D eigenvalue weighted by atomic mass is 79.9. The van der Waals surface area contributed by atoms with Crippen LogP contribution in [0.2, 0.25) is 0 Å². The Morgan fingerprint density at radius 1 is 1.80 bits per heavy atom. The monoisotopic (exact) mass is 274 g/mol.